The average Bonchev–Trinajstić information content (AvgIpc) is 2.99. The van der Waals surface area contributed by atoms with Gasteiger partial charge in [0.25, 0.3) is 5.91 Å². The Kier molecular flexibility index (Phi) is 6.46. The van der Waals surface area contributed by atoms with Gasteiger partial charge in [0.05, 0.1) is 5.69 Å². The number of carbonyl (C=O) groups excluding carboxylic acids is 3. The molecule has 8 heteroatoms. The number of halogens is 1. The molecule has 0 atom stereocenters. The van der Waals surface area contributed by atoms with Gasteiger partial charge in [-0.05, 0) is 49.8 Å². The third kappa shape index (κ3) is 4.65. The van der Waals surface area contributed by atoms with E-state index in [1.807, 2.05) is 24.3 Å². The first-order valence-corrected chi connectivity index (χ1v) is 9.66. The summed E-state index contributed by atoms with van der Waals surface area (Å²) in [6, 6.07) is 12.6. The minimum Gasteiger partial charge on any atom is -0.372 e. The quantitative estimate of drug-likeness (QED) is 0.543. The van der Waals surface area contributed by atoms with Crippen molar-refractivity contribution in [1.82, 2.24) is 10.2 Å². The van der Waals surface area contributed by atoms with Gasteiger partial charge in [0, 0.05) is 18.8 Å². The van der Waals surface area contributed by atoms with Crippen molar-refractivity contribution in [3.63, 3.8) is 0 Å². The van der Waals surface area contributed by atoms with Gasteiger partial charge in [0.15, 0.2) is 0 Å². The second kappa shape index (κ2) is 9.21. The Bertz CT molecular complexity index is 984. The molecule has 1 heterocycles. The highest BCUT2D eigenvalue weighted by Crippen LogP contribution is 2.19. The summed E-state index contributed by atoms with van der Waals surface area (Å²) in [7, 11) is 0. The van der Waals surface area contributed by atoms with E-state index >= 15 is 0 Å². The molecule has 0 bridgehead atoms. The predicted molar refractivity (Wildman–Crippen MR) is 113 cm³/mol. The van der Waals surface area contributed by atoms with E-state index < -0.39 is 30.2 Å². The smallest absolute Gasteiger partial charge is 0.329 e. The van der Waals surface area contributed by atoms with Crippen LogP contribution in [0.15, 0.2) is 54.2 Å². The van der Waals surface area contributed by atoms with E-state index in [9.17, 15) is 18.8 Å². The Morgan fingerprint density at radius 3 is 2.40 bits per heavy atom. The summed E-state index contributed by atoms with van der Waals surface area (Å²) in [6.07, 6.45) is 1.56. The average molecular weight is 410 g/mol. The van der Waals surface area contributed by atoms with Gasteiger partial charge >= 0.3 is 6.03 Å². The lowest BCUT2D eigenvalue weighted by Crippen LogP contribution is -2.38. The van der Waals surface area contributed by atoms with E-state index in [1.165, 1.54) is 18.2 Å². The summed E-state index contributed by atoms with van der Waals surface area (Å²) < 4.78 is 13.7. The lowest BCUT2D eigenvalue weighted by atomic mass is 10.1. The van der Waals surface area contributed by atoms with Crippen molar-refractivity contribution in [1.29, 1.82) is 0 Å². The summed E-state index contributed by atoms with van der Waals surface area (Å²) in [5.74, 6) is -1.89. The summed E-state index contributed by atoms with van der Waals surface area (Å²) >= 11 is 0. The normalized spacial score (nSPS) is 14.8. The van der Waals surface area contributed by atoms with Crippen molar-refractivity contribution in [3.8, 4) is 0 Å². The lowest BCUT2D eigenvalue weighted by Gasteiger charge is -2.20. The number of urea groups is 1. The van der Waals surface area contributed by atoms with Crippen molar-refractivity contribution in [2.24, 2.45) is 0 Å². The van der Waals surface area contributed by atoms with Gasteiger partial charge in [0.1, 0.15) is 18.1 Å². The third-order valence-corrected chi connectivity index (χ3v) is 4.74. The molecule has 1 aliphatic heterocycles. The molecule has 0 unspecified atom stereocenters. The lowest BCUT2D eigenvalue weighted by molar-refractivity contribution is -0.127. The van der Waals surface area contributed by atoms with Crippen molar-refractivity contribution >= 4 is 35.3 Å². The molecule has 156 valence electrons. The number of amides is 4. The predicted octanol–water partition coefficient (Wildman–Crippen LogP) is 3.20. The number of nitrogens with one attached hydrogen (secondary N) is 2. The van der Waals surface area contributed by atoms with Crippen LogP contribution in [0.4, 0.5) is 20.6 Å². The molecule has 2 aromatic carbocycles. The van der Waals surface area contributed by atoms with Crippen LogP contribution in [0.2, 0.25) is 0 Å². The van der Waals surface area contributed by atoms with Crippen LogP contribution in [0.5, 0.6) is 0 Å². The van der Waals surface area contributed by atoms with E-state index in [-0.39, 0.29) is 11.4 Å². The number of anilines is 2. The summed E-state index contributed by atoms with van der Waals surface area (Å²) in [5.41, 5.74) is 1.87. The monoisotopic (exact) mass is 410 g/mol. The molecule has 30 heavy (non-hydrogen) atoms. The fourth-order valence-electron chi connectivity index (χ4n) is 3.15. The topological polar surface area (TPSA) is 81.8 Å². The summed E-state index contributed by atoms with van der Waals surface area (Å²) in [5, 5.41) is 4.84. The van der Waals surface area contributed by atoms with Crippen molar-refractivity contribution in [2.45, 2.75) is 13.8 Å². The Balaban J connectivity index is 1.68. The van der Waals surface area contributed by atoms with Gasteiger partial charge in [-0.15, -0.1) is 0 Å². The van der Waals surface area contributed by atoms with Crippen LogP contribution in [0, 0.1) is 5.82 Å². The molecular formula is C22H23FN4O3. The van der Waals surface area contributed by atoms with Gasteiger partial charge in [-0.3, -0.25) is 9.59 Å². The Morgan fingerprint density at radius 2 is 1.77 bits per heavy atom. The molecule has 0 spiro atoms. The molecule has 1 fully saturated rings. The maximum Gasteiger partial charge on any atom is 0.329 e. The van der Waals surface area contributed by atoms with Gasteiger partial charge in [-0.25, -0.2) is 14.1 Å². The number of hydrogen-bond donors (Lipinski definition) is 2. The molecule has 0 radical (unpaired) electrons. The second-order valence-corrected chi connectivity index (χ2v) is 6.67. The van der Waals surface area contributed by atoms with Crippen LogP contribution in [0.3, 0.4) is 0 Å². The van der Waals surface area contributed by atoms with Gasteiger partial charge in [-0.2, -0.15) is 0 Å². The molecular weight excluding hydrogens is 387 g/mol. The fraction of sp³-hybridized carbons (Fsp3) is 0.227. The van der Waals surface area contributed by atoms with E-state index in [0.717, 1.165) is 29.2 Å². The van der Waals surface area contributed by atoms with Crippen molar-refractivity contribution in [2.75, 3.05) is 29.9 Å². The van der Waals surface area contributed by atoms with Gasteiger partial charge in [0.2, 0.25) is 5.91 Å². The first-order chi connectivity index (χ1) is 14.4. The molecule has 0 saturated carbocycles. The molecule has 2 aromatic rings. The van der Waals surface area contributed by atoms with Gasteiger partial charge in [-0.1, -0.05) is 24.3 Å². The van der Waals surface area contributed by atoms with Crippen LogP contribution in [0.1, 0.15) is 19.4 Å². The standard InChI is InChI=1S/C22H23FN4O3/c1-3-26(4-2)16-11-9-15(10-12-16)13-19-21(29)27(22(30)25-19)14-20(28)24-18-8-6-5-7-17(18)23/h5-13H,3-4,14H2,1-2H3,(H,24,28)(H,25,30)/b19-13+. The fourth-order valence-corrected chi connectivity index (χ4v) is 3.15. The van der Waals surface area contributed by atoms with Crippen LogP contribution >= 0.6 is 0 Å². The van der Waals surface area contributed by atoms with Crippen LogP contribution < -0.4 is 15.5 Å². The Hall–Kier alpha value is -3.68. The molecule has 1 aliphatic rings. The zero-order valence-corrected chi connectivity index (χ0v) is 16.8. The number of para-hydroxylation sites is 1. The first-order valence-electron chi connectivity index (χ1n) is 9.66. The number of nitrogens with zero attached hydrogens (tertiary/aromatic N) is 2. The molecule has 3 rings (SSSR count). The minimum atomic E-state index is -0.699. The third-order valence-electron chi connectivity index (χ3n) is 4.74. The Morgan fingerprint density at radius 1 is 1.10 bits per heavy atom. The van der Waals surface area contributed by atoms with E-state index in [4.69, 9.17) is 0 Å². The van der Waals surface area contributed by atoms with Crippen LogP contribution in [-0.2, 0) is 9.59 Å². The zero-order valence-electron chi connectivity index (χ0n) is 16.8. The van der Waals surface area contributed by atoms with Gasteiger partial charge < -0.3 is 15.5 Å². The molecule has 0 aromatic heterocycles. The van der Waals surface area contributed by atoms with Crippen molar-refractivity contribution in [3.05, 3.63) is 65.6 Å². The SMILES string of the molecule is CCN(CC)c1ccc(/C=C2/NC(=O)N(CC(=O)Nc3ccccc3F)C2=O)cc1. The van der Waals surface area contributed by atoms with E-state index in [2.05, 4.69) is 29.4 Å². The van der Waals surface area contributed by atoms with Crippen molar-refractivity contribution < 1.29 is 18.8 Å². The highest BCUT2D eigenvalue weighted by molar-refractivity contribution is 6.15. The van der Waals surface area contributed by atoms with Crippen LogP contribution in [-0.4, -0.2) is 42.4 Å². The largest absolute Gasteiger partial charge is 0.372 e. The first kappa shape index (κ1) is 21.0. The van der Waals surface area contributed by atoms with E-state index in [0.29, 0.717) is 0 Å². The maximum absolute atomic E-state index is 13.7. The molecule has 0 aliphatic carbocycles. The number of hydrogen-bond acceptors (Lipinski definition) is 4. The summed E-state index contributed by atoms with van der Waals surface area (Å²) in [6.45, 7) is 5.40. The number of rotatable bonds is 7. The van der Waals surface area contributed by atoms with Crippen LogP contribution in [0.25, 0.3) is 6.08 Å². The summed E-state index contributed by atoms with van der Waals surface area (Å²) in [4.78, 5) is 39.8. The molecule has 4 amide bonds. The number of benzene rings is 2. The minimum absolute atomic E-state index is 0.0152. The van der Waals surface area contributed by atoms with E-state index in [1.54, 1.807) is 12.1 Å². The number of carbonyl (C=O) groups is 3. The molecule has 7 nitrogen and oxygen atoms in total. The molecule has 2 N–H and O–H groups in total. The second-order valence-electron chi connectivity index (χ2n) is 6.67. The Labute approximate surface area is 174 Å². The molecule has 1 saturated heterocycles. The number of imide groups is 1. The zero-order chi connectivity index (χ0) is 21.7. The maximum atomic E-state index is 13.7. The highest BCUT2D eigenvalue weighted by atomic mass is 19.1. The highest BCUT2D eigenvalue weighted by Gasteiger charge is 2.35.